The SMILES string of the molecule is COCC(C)(C)COCC(C)(C)CCNC(=O)C[C@H](C)NC(=O)C(C)C. The van der Waals surface area contributed by atoms with Crippen molar-refractivity contribution in [1.29, 1.82) is 0 Å². The molecular formula is C20H40N2O4. The number of hydrogen-bond acceptors (Lipinski definition) is 4. The van der Waals surface area contributed by atoms with Crippen LogP contribution < -0.4 is 10.6 Å². The lowest BCUT2D eigenvalue weighted by Gasteiger charge is -2.28. The Hall–Kier alpha value is -1.14. The molecular weight excluding hydrogens is 332 g/mol. The fourth-order valence-electron chi connectivity index (χ4n) is 2.46. The van der Waals surface area contributed by atoms with Crippen molar-refractivity contribution < 1.29 is 19.1 Å². The molecule has 2 N–H and O–H groups in total. The maximum atomic E-state index is 12.0. The van der Waals surface area contributed by atoms with E-state index in [4.69, 9.17) is 9.47 Å². The predicted octanol–water partition coefficient (Wildman–Crippen LogP) is 2.76. The standard InChI is InChI=1S/C20H40N2O4/c1-15(2)18(24)22-16(3)11-17(23)21-10-9-19(4,5)13-26-14-20(6,7)12-25-8/h15-16H,9-14H2,1-8H3,(H,21,23)(H,22,24)/t16-/m0/s1. The van der Waals surface area contributed by atoms with Gasteiger partial charge in [0.05, 0.1) is 19.8 Å². The van der Waals surface area contributed by atoms with Gasteiger partial charge in [0.1, 0.15) is 0 Å². The predicted molar refractivity (Wildman–Crippen MR) is 105 cm³/mol. The lowest BCUT2D eigenvalue weighted by atomic mass is 9.90. The number of carbonyl (C=O) groups excluding carboxylic acids is 2. The van der Waals surface area contributed by atoms with Gasteiger partial charge >= 0.3 is 0 Å². The van der Waals surface area contributed by atoms with Gasteiger partial charge in [-0.05, 0) is 18.8 Å². The van der Waals surface area contributed by atoms with E-state index in [1.54, 1.807) is 7.11 Å². The van der Waals surface area contributed by atoms with Gasteiger partial charge < -0.3 is 20.1 Å². The molecule has 0 radical (unpaired) electrons. The Morgan fingerprint density at radius 3 is 2.08 bits per heavy atom. The zero-order valence-electron chi connectivity index (χ0n) is 18.0. The average molecular weight is 373 g/mol. The monoisotopic (exact) mass is 372 g/mol. The molecule has 0 aliphatic heterocycles. The first kappa shape index (κ1) is 24.9. The summed E-state index contributed by atoms with van der Waals surface area (Å²) in [6.07, 6.45) is 1.12. The smallest absolute Gasteiger partial charge is 0.222 e. The van der Waals surface area contributed by atoms with Gasteiger partial charge in [-0.2, -0.15) is 0 Å². The van der Waals surface area contributed by atoms with Gasteiger partial charge in [0.2, 0.25) is 11.8 Å². The van der Waals surface area contributed by atoms with Gasteiger partial charge in [-0.15, -0.1) is 0 Å². The van der Waals surface area contributed by atoms with Crippen LogP contribution in [0.3, 0.4) is 0 Å². The van der Waals surface area contributed by atoms with Crippen LogP contribution in [0.2, 0.25) is 0 Å². The second-order valence-corrected chi connectivity index (χ2v) is 9.12. The molecule has 0 heterocycles. The van der Waals surface area contributed by atoms with E-state index in [1.165, 1.54) is 0 Å². The summed E-state index contributed by atoms with van der Waals surface area (Å²) in [4.78, 5) is 23.6. The Balaban J connectivity index is 4.05. The third kappa shape index (κ3) is 12.3. The van der Waals surface area contributed by atoms with Gasteiger partial charge in [-0.1, -0.05) is 41.5 Å². The Morgan fingerprint density at radius 1 is 0.962 bits per heavy atom. The summed E-state index contributed by atoms with van der Waals surface area (Å²) in [6.45, 7) is 16.6. The largest absolute Gasteiger partial charge is 0.384 e. The van der Waals surface area contributed by atoms with Crippen LogP contribution in [-0.2, 0) is 19.1 Å². The van der Waals surface area contributed by atoms with Crippen molar-refractivity contribution in [2.45, 2.75) is 67.3 Å². The summed E-state index contributed by atoms with van der Waals surface area (Å²) >= 11 is 0. The highest BCUT2D eigenvalue weighted by molar-refractivity contribution is 5.80. The first-order valence-corrected chi connectivity index (χ1v) is 9.52. The lowest BCUT2D eigenvalue weighted by Crippen LogP contribution is -2.39. The summed E-state index contributed by atoms with van der Waals surface area (Å²) < 4.78 is 11.1. The van der Waals surface area contributed by atoms with Gasteiger partial charge in [-0.25, -0.2) is 0 Å². The average Bonchev–Trinajstić information content (AvgIpc) is 2.45. The van der Waals surface area contributed by atoms with E-state index >= 15 is 0 Å². The molecule has 0 saturated carbocycles. The van der Waals surface area contributed by atoms with Crippen molar-refractivity contribution in [3.63, 3.8) is 0 Å². The molecule has 154 valence electrons. The molecule has 0 aromatic rings. The minimum atomic E-state index is -0.163. The molecule has 0 fully saturated rings. The highest BCUT2D eigenvalue weighted by atomic mass is 16.5. The minimum absolute atomic E-state index is 0.00436. The fraction of sp³-hybridized carbons (Fsp3) is 0.900. The molecule has 0 aliphatic carbocycles. The van der Waals surface area contributed by atoms with E-state index in [9.17, 15) is 9.59 Å². The molecule has 6 nitrogen and oxygen atoms in total. The number of methoxy groups -OCH3 is 1. The summed E-state index contributed by atoms with van der Waals surface area (Å²) in [5.74, 6) is -0.144. The molecule has 0 aliphatic rings. The van der Waals surface area contributed by atoms with Crippen molar-refractivity contribution in [1.82, 2.24) is 10.6 Å². The van der Waals surface area contributed by atoms with Crippen LogP contribution >= 0.6 is 0 Å². The second kappa shape index (κ2) is 11.5. The molecule has 6 heteroatoms. The Labute approximate surface area is 159 Å². The van der Waals surface area contributed by atoms with Crippen LogP contribution in [-0.4, -0.2) is 51.3 Å². The first-order chi connectivity index (χ1) is 11.9. The zero-order valence-corrected chi connectivity index (χ0v) is 18.0. The highest BCUT2D eigenvalue weighted by Crippen LogP contribution is 2.22. The van der Waals surface area contributed by atoms with Crippen LogP contribution in [0.25, 0.3) is 0 Å². The Bertz CT molecular complexity index is 434. The molecule has 2 amide bonds. The normalized spacial score (nSPS) is 13.6. The van der Waals surface area contributed by atoms with Gasteiger partial charge in [-0.3, -0.25) is 9.59 Å². The third-order valence-electron chi connectivity index (χ3n) is 4.05. The van der Waals surface area contributed by atoms with E-state index in [-0.39, 0.29) is 34.6 Å². The minimum Gasteiger partial charge on any atom is -0.384 e. The molecule has 26 heavy (non-hydrogen) atoms. The molecule has 0 rings (SSSR count). The quantitative estimate of drug-likeness (QED) is 0.521. The van der Waals surface area contributed by atoms with E-state index in [0.29, 0.717) is 32.8 Å². The molecule has 0 bridgehead atoms. The number of nitrogens with one attached hydrogen (secondary N) is 2. The van der Waals surface area contributed by atoms with Crippen molar-refractivity contribution in [2.24, 2.45) is 16.7 Å². The fourth-order valence-corrected chi connectivity index (χ4v) is 2.46. The molecule has 0 unspecified atom stereocenters. The summed E-state index contributed by atoms with van der Waals surface area (Å²) in [5.41, 5.74) is -0.0243. The summed E-state index contributed by atoms with van der Waals surface area (Å²) in [5, 5.41) is 5.77. The van der Waals surface area contributed by atoms with Crippen molar-refractivity contribution in [3.8, 4) is 0 Å². The number of hydrogen-bond donors (Lipinski definition) is 2. The second-order valence-electron chi connectivity index (χ2n) is 9.12. The van der Waals surface area contributed by atoms with Crippen LogP contribution in [0.5, 0.6) is 0 Å². The molecule has 0 spiro atoms. The lowest BCUT2D eigenvalue weighted by molar-refractivity contribution is -0.125. The van der Waals surface area contributed by atoms with E-state index in [1.807, 2.05) is 20.8 Å². The summed E-state index contributed by atoms with van der Waals surface area (Å²) in [6, 6.07) is -0.163. The van der Waals surface area contributed by atoms with Gasteiger partial charge in [0.15, 0.2) is 0 Å². The zero-order chi connectivity index (χ0) is 20.4. The Morgan fingerprint density at radius 2 is 1.54 bits per heavy atom. The maximum Gasteiger partial charge on any atom is 0.222 e. The van der Waals surface area contributed by atoms with Crippen molar-refractivity contribution >= 4 is 11.8 Å². The van der Waals surface area contributed by atoms with Crippen LogP contribution in [0.15, 0.2) is 0 Å². The summed E-state index contributed by atoms with van der Waals surface area (Å²) in [7, 11) is 1.70. The molecule has 0 aromatic heterocycles. The molecule has 1 atom stereocenters. The van der Waals surface area contributed by atoms with E-state index < -0.39 is 0 Å². The van der Waals surface area contributed by atoms with Crippen LogP contribution in [0.4, 0.5) is 0 Å². The van der Waals surface area contributed by atoms with E-state index in [0.717, 1.165) is 6.42 Å². The number of carbonyl (C=O) groups is 2. The van der Waals surface area contributed by atoms with Crippen LogP contribution in [0.1, 0.15) is 61.3 Å². The van der Waals surface area contributed by atoms with Crippen molar-refractivity contribution in [3.05, 3.63) is 0 Å². The topological polar surface area (TPSA) is 76.7 Å². The number of amides is 2. The first-order valence-electron chi connectivity index (χ1n) is 9.52. The third-order valence-corrected chi connectivity index (χ3v) is 4.05. The Kier molecular flexibility index (Phi) is 11.0. The molecule has 0 aromatic carbocycles. The van der Waals surface area contributed by atoms with Gasteiger partial charge in [0, 0.05) is 37.5 Å². The van der Waals surface area contributed by atoms with E-state index in [2.05, 4.69) is 38.3 Å². The highest BCUT2D eigenvalue weighted by Gasteiger charge is 2.23. The number of ether oxygens (including phenoxy) is 2. The van der Waals surface area contributed by atoms with Crippen LogP contribution in [0, 0.1) is 16.7 Å². The van der Waals surface area contributed by atoms with Gasteiger partial charge in [0.25, 0.3) is 0 Å². The number of rotatable bonds is 13. The van der Waals surface area contributed by atoms with Crippen molar-refractivity contribution in [2.75, 3.05) is 33.5 Å². The molecule has 0 saturated heterocycles. The maximum absolute atomic E-state index is 12.0.